The average molecular weight is 545 g/mol. The van der Waals surface area contributed by atoms with Crippen LogP contribution in [0.1, 0.15) is 42.4 Å². The number of H-pyrrole nitrogens is 1. The Kier molecular flexibility index (Phi) is 7.45. The number of piperidine rings is 1. The van der Waals surface area contributed by atoms with Gasteiger partial charge in [-0.3, -0.25) is 9.69 Å². The summed E-state index contributed by atoms with van der Waals surface area (Å²) < 4.78 is 0. The number of aryl methyl sites for hydroxylation is 1. The summed E-state index contributed by atoms with van der Waals surface area (Å²) in [6.07, 6.45) is 4.51. The van der Waals surface area contributed by atoms with Gasteiger partial charge in [0.2, 0.25) is 0 Å². The normalized spacial score (nSPS) is 19.4. The second-order valence-electron chi connectivity index (χ2n) is 9.46. The van der Waals surface area contributed by atoms with Crippen LogP contribution in [0.5, 0.6) is 0 Å². The van der Waals surface area contributed by atoms with Gasteiger partial charge in [-0.2, -0.15) is 0 Å². The summed E-state index contributed by atoms with van der Waals surface area (Å²) in [5, 5.41) is 8.69. The van der Waals surface area contributed by atoms with Crippen LogP contribution < -0.4 is 10.6 Å². The third-order valence-electron chi connectivity index (χ3n) is 7.20. The number of nitrogens with two attached hydrogens (primary N) is 1. The van der Waals surface area contributed by atoms with E-state index in [1.54, 1.807) is 18.3 Å². The fourth-order valence-corrected chi connectivity index (χ4v) is 5.67. The molecule has 0 bridgehead atoms. The van der Waals surface area contributed by atoms with Crippen molar-refractivity contribution in [2.45, 2.75) is 45.2 Å². The lowest BCUT2D eigenvalue weighted by atomic mass is 9.97. The van der Waals surface area contributed by atoms with Crippen LogP contribution >= 0.6 is 23.2 Å². The molecule has 5 heterocycles. The van der Waals surface area contributed by atoms with E-state index in [0.717, 1.165) is 38.9 Å². The zero-order valence-electron chi connectivity index (χ0n) is 20.9. The summed E-state index contributed by atoms with van der Waals surface area (Å²) >= 11 is 12.4. The van der Waals surface area contributed by atoms with Crippen molar-refractivity contribution in [3.63, 3.8) is 0 Å². The highest BCUT2D eigenvalue weighted by Crippen LogP contribution is 2.30. The molecule has 37 heavy (non-hydrogen) atoms. The maximum Gasteiger partial charge on any atom is 0.257 e. The molecule has 13 heteroatoms. The number of carbonyl (C=O) groups excluding carboxylic acids is 1. The number of rotatable bonds is 5. The molecule has 0 saturated carbocycles. The van der Waals surface area contributed by atoms with Crippen molar-refractivity contribution >= 4 is 40.7 Å². The number of pyridine rings is 1. The maximum absolute atomic E-state index is 13.0. The van der Waals surface area contributed by atoms with E-state index in [4.69, 9.17) is 28.9 Å². The molecule has 196 valence electrons. The van der Waals surface area contributed by atoms with Gasteiger partial charge in [0.15, 0.2) is 16.8 Å². The lowest BCUT2D eigenvalue weighted by molar-refractivity contribution is 0.0491. The van der Waals surface area contributed by atoms with E-state index >= 15 is 0 Å². The number of anilines is 2. The molecule has 3 aromatic heterocycles. The van der Waals surface area contributed by atoms with E-state index < -0.39 is 0 Å². The predicted molar refractivity (Wildman–Crippen MR) is 143 cm³/mol. The molecule has 1 amide bonds. The highest BCUT2D eigenvalue weighted by molar-refractivity contribution is 6.31. The molecule has 11 nitrogen and oxygen atoms in total. The smallest absolute Gasteiger partial charge is 0.257 e. The van der Waals surface area contributed by atoms with E-state index in [0.29, 0.717) is 59.1 Å². The molecule has 0 radical (unpaired) electrons. The molecule has 2 aliphatic heterocycles. The number of aromatic amines is 1. The Morgan fingerprint density at radius 2 is 1.92 bits per heavy atom. The quantitative estimate of drug-likeness (QED) is 0.464. The Labute approximate surface area is 225 Å². The fraction of sp³-hybridized carbons (Fsp3) is 0.500. The van der Waals surface area contributed by atoms with Crippen LogP contribution in [-0.2, 0) is 0 Å². The number of hydrogen-bond donors (Lipinski definition) is 2. The number of aromatic nitrogens is 6. The van der Waals surface area contributed by atoms with E-state index in [9.17, 15) is 4.79 Å². The van der Waals surface area contributed by atoms with Gasteiger partial charge in [0, 0.05) is 44.8 Å². The number of nitrogen functional groups attached to an aromatic ring is 1. The molecule has 0 aromatic carbocycles. The van der Waals surface area contributed by atoms with Crippen molar-refractivity contribution in [2.75, 3.05) is 43.4 Å². The number of likely N-dealkylation sites (tertiary alicyclic amines) is 1. The molecule has 0 aliphatic carbocycles. The van der Waals surface area contributed by atoms with Gasteiger partial charge in [0.25, 0.3) is 5.91 Å². The number of piperazine rings is 1. The van der Waals surface area contributed by atoms with Crippen molar-refractivity contribution in [3.05, 3.63) is 40.0 Å². The molecule has 2 aliphatic rings. The topological polar surface area (TPSA) is 133 Å². The minimum atomic E-state index is -0.0888. The van der Waals surface area contributed by atoms with Crippen molar-refractivity contribution in [3.8, 4) is 11.5 Å². The van der Waals surface area contributed by atoms with Crippen LogP contribution in [0, 0.1) is 6.92 Å². The summed E-state index contributed by atoms with van der Waals surface area (Å²) in [5.41, 5.74) is 6.91. The van der Waals surface area contributed by atoms with Crippen LogP contribution in [0.2, 0.25) is 10.3 Å². The second-order valence-corrected chi connectivity index (χ2v) is 10.2. The van der Waals surface area contributed by atoms with E-state index in [-0.39, 0.29) is 16.9 Å². The van der Waals surface area contributed by atoms with Crippen LogP contribution in [0.25, 0.3) is 11.5 Å². The second kappa shape index (κ2) is 10.8. The predicted octanol–water partition coefficient (Wildman–Crippen LogP) is 3.06. The summed E-state index contributed by atoms with van der Waals surface area (Å²) in [5.74, 6) is 2.03. The van der Waals surface area contributed by atoms with E-state index in [1.807, 2.05) is 11.8 Å². The first-order chi connectivity index (χ1) is 17.8. The lowest BCUT2D eigenvalue weighted by Crippen LogP contribution is -2.58. The fourth-order valence-electron chi connectivity index (χ4n) is 5.26. The summed E-state index contributed by atoms with van der Waals surface area (Å²) in [6.45, 7) is 7.92. The van der Waals surface area contributed by atoms with Gasteiger partial charge in [-0.1, -0.05) is 30.1 Å². The number of nitrogens with one attached hydrogen (secondary N) is 1. The highest BCUT2D eigenvalue weighted by Gasteiger charge is 2.35. The first-order valence-corrected chi connectivity index (χ1v) is 13.2. The van der Waals surface area contributed by atoms with Gasteiger partial charge in [-0.05, 0) is 38.3 Å². The number of nitrogens with zero attached hydrogens (tertiary/aromatic N) is 8. The largest absolute Gasteiger partial charge is 0.383 e. The van der Waals surface area contributed by atoms with Crippen LogP contribution in [0.3, 0.4) is 0 Å². The number of carbonyl (C=O) groups is 1. The molecule has 3 N–H and O–H groups in total. The van der Waals surface area contributed by atoms with Crippen molar-refractivity contribution in [1.29, 1.82) is 0 Å². The van der Waals surface area contributed by atoms with E-state index in [1.165, 1.54) is 0 Å². The number of amides is 1. The maximum atomic E-state index is 13.0. The molecule has 5 rings (SSSR count). The zero-order valence-corrected chi connectivity index (χ0v) is 22.4. The molecule has 3 aromatic rings. The zero-order chi connectivity index (χ0) is 26.1. The minimum Gasteiger partial charge on any atom is -0.383 e. The number of halogens is 2. The minimum absolute atomic E-state index is 0.0888. The third-order valence-corrected chi connectivity index (χ3v) is 7.66. The Bertz CT molecular complexity index is 1280. The first kappa shape index (κ1) is 25.6. The van der Waals surface area contributed by atoms with Crippen molar-refractivity contribution in [1.82, 2.24) is 39.9 Å². The van der Waals surface area contributed by atoms with Gasteiger partial charge >= 0.3 is 0 Å². The molecule has 1 atom stereocenters. The standard InChI is InChI=1S/C24H30Cl2N10O/c1-3-15-13-35(23-20(26)30-18(12-28-23)22-29-14(2)32-33-22)10-11-36(15)16-6-8-34(9-7-16)24(37)17-4-5-19(25)31-21(17)27/h4-5,12,15-16H,3,6-11,13H2,1-2H3,(H2,27,31)(H,29,32,33)/t15-/m0/s1. The van der Waals surface area contributed by atoms with Gasteiger partial charge in [-0.15, -0.1) is 10.2 Å². The summed E-state index contributed by atoms with van der Waals surface area (Å²) in [4.78, 5) is 35.9. The summed E-state index contributed by atoms with van der Waals surface area (Å²) in [6, 6.07) is 4.02. The first-order valence-electron chi connectivity index (χ1n) is 12.5. The lowest BCUT2D eigenvalue weighted by Gasteiger charge is -2.47. The Morgan fingerprint density at radius 3 is 2.57 bits per heavy atom. The third kappa shape index (κ3) is 5.34. The molecule has 2 saturated heterocycles. The van der Waals surface area contributed by atoms with Crippen LogP contribution in [-0.4, -0.2) is 90.6 Å². The van der Waals surface area contributed by atoms with Crippen molar-refractivity contribution in [2.24, 2.45) is 0 Å². The monoisotopic (exact) mass is 544 g/mol. The Balaban J connectivity index is 1.21. The SMILES string of the molecule is CC[C@H]1CN(c2ncc(-c3nnc(C)[nH]3)nc2Cl)CCN1C1CCN(C(=O)c2ccc(Cl)nc2N)CC1. The molecule has 0 unspecified atom stereocenters. The summed E-state index contributed by atoms with van der Waals surface area (Å²) in [7, 11) is 0. The highest BCUT2D eigenvalue weighted by atomic mass is 35.5. The molecule has 2 fully saturated rings. The van der Waals surface area contributed by atoms with Crippen LogP contribution in [0.15, 0.2) is 18.3 Å². The van der Waals surface area contributed by atoms with Gasteiger partial charge < -0.3 is 20.5 Å². The molecular weight excluding hydrogens is 515 g/mol. The molecular formula is C24H30Cl2N10O. The van der Waals surface area contributed by atoms with Crippen molar-refractivity contribution < 1.29 is 4.79 Å². The Hall–Kier alpha value is -3.02. The van der Waals surface area contributed by atoms with Gasteiger partial charge in [-0.25, -0.2) is 15.0 Å². The van der Waals surface area contributed by atoms with Gasteiger partial charge in [0.05, 0.1) is 11.8 Å². The average Bonchev–Trinajstić information content (AvgIpc) is 3.34. The number of hydrogen-bond acceptors (Lipinski definition) is 9. The van der Waals surface area contributed by atoms with Crippen LogP contribution in [0.4, 0.5) is 11.6 Å². The molecule has 0 spiro atoms. The Morgan fingerprint density at radius 1 is 1.14 bits per heavy atom. The van der Waals surface area contributed by atoms with E-state index in [2.05, 4.69) is 46.9 Å². The van der Waals surface area contributed by atoms with Gasteiger partial charge in [0.1, 0.15) is 22.5 Å².